The van der Waals surface area contributed by atoms with Gasteiger partial charge in [0.25, 0.3) is 0 Å². The number of rotatable bonds is 7. The minimum Gasteiger partial charge on any atom is -0.367 e. The van der Waals surface area contributed by atoms with Gasteiger partial charge in [-0.1, -0.05) is 35.3 Å². The van der Waals surface area contributed by atoms with Gasteiger partial charge in [0.1, 0.15) is 11.6 Å². The Bertz CT molecular complexity index is 768. The Morgan fingerprint density at radius 3 is 2.62 bits per heavy atom. The monoisotopic (exact) mass is 396 g/mol. The summed E-state index contributed by atoms with van der Waals surface area (Å²) in [5.41, 5.74) is 0.906. The summed E-state index contributed by atoms with van der Waals surface area (Å²) in [5.74, 6) is 0.243. The Morgan fingerprint density at radius 2 is 1.96 bits per heavy atom. The van der Waals surface area contributed by atoms with Crippen LogP contribution in [0.15, 0.2) is 36.5 Å². The van der Waals surface area contributed by atoms with E-state index in [0.29, 0.717) is 35.5 Å². The van der Waals surface area contributed by atoms with E-state index in [1.54, 1.807) is 23.1 Å². The molecule has 0 radical (unpaired) electrons. The molecule has 0 saturated heterocycles. The molecule has 2 N–H and O–H groups in total. The first kappa shape index (κ1) is 18.7. The molecule has 1 aromatic heterocycles. The molecule has 0 aliphatic heterocycles. The molecule has 1 heterocycles. The third-order valence-electron chi connectivity index (χ3n) is 4.02. The van der Waals surface area contributed by atoms with Gasteiger partial charge in [0.2, 0.25) is 0 Å². The van der Waals surface area contributed by atoms with Crippen LogP contribution in [-0.2, 0) is 6.54 Å². The van der Waals surface area contributed by atoms with E-state index >= 15 is 0 Å². The Hall–Kier alpha value is -2.05. The first-order valence-electron chi connectivity index (χ1n) is 8.37. The summed E-state index contributed by atoms with van der Waals surface area (Å²) in [4.78, 5) is 18.4. The number of hydrogen-bond acceptors (Lipinski definition) is 3. The van der Waals surface area contributed by atoms with Gasteiger partial charge in [-0.2, -0.15) is 0 Å². The number of pyridine rings is 1. The van der Waals surface area contributed by atoms with E-state index in [9.17, 15) is 9.18 Å². The molecule has 2 amide bonds. The van der Waals surface area contributed by atoms with Crippen LogP contribution in [0.1, 0.15) is 18.4 Å². The van der Waals surface area contributed by atoms with Gasteiger partial charge >= 0.3 is 6.03 Å². The lowest BCUT2D eigenvalue weighted by atomic mass is 10.2. The number of anilines is 1. The highest BCUT2D eigenvalue weighted by molar-refractivity contribution is 6.35. The predicted molar refractivity (Wildman–Crippen MR) is 101 cm³/mol. The maximum absolute atomic E-state index is 13.0. The summed E-state index contributed by atoms with van der Waals surface area (Å²) >= 11 is 11.8. The zero-order valence-electron chi connectivity index (χ0n) is 14.0. The fraction of sp³-hybridized carbons (Fsp3) is 0.333. The number of nitrogens with zero attached hydrogens (tertiary/aromatic N) is 2. The molecule has 1 aromatic carbocycles. The Kier molecular flexibility index (Phi) is 6.16. The third kappa shape index (κ3) is 5.22. The van der Waals surface area contributed by atoms with Crippen molar-refractivity contribution >= 4 is 35.1 Å². The van der Waals surface area contributed by atoms with Gasteiger partial charge in [0, 0.05) is 31.9 Å². The van der Waals surface area contributed by atoms with E-state index in [2.05, 4.69) is 15.6 Å². The van der Waals surface area contributed by atoms with E-state index in [1.165, 1.54) is 18.3 Å². The van der Waals surface area contributed by atoms with Crippen molar-refractivity contribution in [3.8, 4) is 0 Å². The van der Waals surface area contributed by atoms with E-state index in [-0.39, 0.29) is 17.9 Å². The molecule has 1 aliphatic rings. The van der Waals surface area contributed by atoms with Gasteiger partial charge in [0.15, 0.2) is 0 Å². The van der Waals surface area contributed by atoms with Gasteiger partial charge < -0.3 is 15.5 Å². The second-order valence-corrected chi connectivity index (χ2v) is 6.97. The van der Waals surface area contributed by atoms with Crippen LogP contribution in [0.25, 0.3) is 0 Å². The summed E-state index contributed by atoms with van der Waals surface area (Å²) < 4.78 is 13.0. The largest absolute Gasteiger partial charge is 0.367 e. The molecular weight excluding hydrogens is 378 g/mol. The van der Waals surface area contributed by atoms with Crippen LogP contribution >= 0.6 is 23.2 Å². The second kappa shape index (κ2) is 8.56. The van der Waals surface area contributed by atoms with Crippen molar-refractivity contribution in [3.63, 3.8) is 0 Å². The number of urea groups is 1. The lowest BCUT2D eigenvalue weighted by Crippen LogP contribution is -2.42. The quantitative estimate of drug-likeness (QED) is 0.685. The minimum absolute atomic E-state index is 0.131. The molecule has 26 heavy (non-hydrogen) atoms. The number of carbonyl (C=O) groups excluding carboxylic acids is 1. The van der Waals surface area contributed by atoms with Crippen LogP contribution in [0.3, 0.4) is 0 Å². The van der Waals surface area contributed by atoms with Gasteiger partial charge in [0.05, 0.1) is 10.0 Å². The maximum atomic E-state index is 13.0. The maximum Gasteiger partial charge on any atom is 0.318 e. The molecule has 1 aliphatic carbocycles. The van der Waals surface area contributed by atoms with E-state index in [0.717, 1.165) is 18.4 Å². The van der Waals surface area contributed by atoms with Crippen LogP contribution in [0.2, 0.25) is 10.0 Å². The van der Waals surface area contributed by atoms with E-state index in [1.807, 2.05) is 0 Å². The lowest BCUT2D eigenvalue weighted by Gasteiger charge is -2.23. The van der Waals surface area contributed by atoms with Crippen molar-refractivity contribution in [1.29, 1.82) is 0 Å². The molecule has 5 nitrogen and oxygen atoms in total. The van der Waals surface area contributed by atoms with Crippen molar-refractivity contribution in [3.05, 3.63) is 58.0 Å². The Labute approximate surface area is 161 Å². The first-order chi connectivity index (χ1) is 12.5. The van der Waals surface area contributed by atoms with Crippen LogP contribution in [0.5, 0.6) is 0 Å². The SMILES string of the molecule is O=C(NCCNc1ncc(Cl)cc1Cl)N(Cc1ccc(F)cc1)C1CC1. The van der Waals surface area contributed by atoms with Gasteiger partial charge in [-0.25, -0.2) is 14.2 Å². The van der Waals surface area contributed by atoms with Crippen molar-refractivity contribution in [2.24, 2.45) is 0 Å². The fourth-order valence-corrected chi connectivity index (χ4v) is 2.98. The molecule has 3 rings (SSSR count). The number of benzene rings is 1. The minimum atomic E-state index is -0.281. The van der Waals surface area contributed by atoms with Crippen molar-refractivity contribution in [2.45, 2.75) is 25.4 Å². The van der Waals surface area contributed by atoms with Gasteiger partial charge in [-0.3, -0.25) is 0 Å². The standard InChI is InChI=1S/C18H19Cl2FN4O/c19-13-9-16(20)17(24-10-13)22-7-8-23-18(26)25(15-5-6-15)11-12-1-3-14(21)4-2-12/h1-4,9-10,15H,5-8,11H2,(H,22,24)(H,23,26). The number of hydrogen-bond donors (Lipinski definition) is 2. The van der Waals surface area contributed by atoms with Crippen molar-refractivity contribution in [1.82, 2.24) is 15.2 Å². The van der Waals surface area contributed by atoms with Crippen molar-refractivity contribution in [2.75, 3.05) is 18.4 Å². The predicted octanol–water partition coefficient (Wildman–Crippen LogP) is 4.31. The molecule has 1 saturated carbocycles. The van der Waals surface area contributed by atoms with Crippen LogP contribution in [0, 0.1) is 5.82 Å². The second-order valence-electron chi connectivity index (χ2n) is 6.13. The van der Waals surface area contributed by atoms with E-state index < -0.39 is 0 Å². The first-order valence-corrected chi connectivity index (χ1v) is 9.12. The van der Waals surface area contributed by atoms with Gasteiger partial charge in [-0.05, 0) is 36.6 Å². The molecule has 8 heteroatoms. The van der Waals surface area contributed by atoms with Gasteiger partial charge in [-0.15, -0.1) is 0 Å². The van der Waals surface area contributed by atoms with Crippen LogP contribution in [-0.4, -0.2) is 35.0 Å². The zero-order chi connectivity index (χ0) is 18.5. The lowest BCUT2D eigenvalue weighted by molar-refractivity contribution is 0.192. The molecule has 2 aromatic rings. The molecule has 0 unspecified atom stereocenters. The topological polar surface area (TPSA) is 57.3 Å². The summed E-state index contributed by atoms with van der Waals surface area (Å²) in [6.07, 6.45) is 3.50. The van der Waals surface area contributed by atoms with Crippen LogP contribution < -0.4 is 10.6 Å². The molecular formula is C18H19Cl2FN4O. The molecule has 0 spiro atoms. The van der Waals surface area contributed by atoms with Crippen molar-refractivity contribution < 1.29 is 9.18 Å². The number of amides is 2. The summed E-state index contributed by atoms with van der Waals surface area (Å²) in [6, 6.07) is 7.95. The average Bonchev–Trinajstić information content (AvgIpc) is 3.44. The number of aromatic nitrogens is 1. The highest BCUT2D eigenvalue weighted by Gasteiger charge is 2.32. The number of carbonyl (C=O) groups is 1. The fourth-order valence-electron chi connectivity index (χ4n) is 2.54. The molecule has 0 bridgehead atoms. The third-order valence-corrected chi connectivity index (χ3v) is 4.51. The number of halogens is 3. The zero-order valence-corrected chi connectivity index (χ0v) is 15.5. The Morgan fingerprint density at radius 1 is 1.23 bits per heavy atom. The molecule has 0 atom stereocenters. The van der Waals surface area contributed by atoms with Crippen LogP contribution in [0.4, 0.5) is 15.0 Å². The normalized spacial score (nSPS) is 13.3. The summed E-state index contributed by atoms with van der Waals surface area (Å²) in [6.45, 7) is 1.37. The smallest absolute Gasteiger partial charge is 0.318 e. The highest BCUT2D eigenvalue weighted by Crippen LogP contribution is 2.28. The number of nitrogens with one attached hydrogen (secondary N) is 2. The summed E-state index contributed by atoms with van der Waals surface area (Å²) in [7, 11) is 0. The molecule has 1 fully saturated rings. The highest BCUT2D eigenvalue weighted by atomic mass is 35.5. The summed E-state index contributed by atoms with van der Waals surface area (Å²) in [5, 5.41) is 6.85. The van der Waals surface area contributed by atoms with E-state index in [4.69, 9.17) is 23.2 Å². The average molecular weight is 397 g/mol. The molecule has 138 valence electrons. The Balaban J connectivity index is 1.48.